The van der Waals surface area contributed by atoms with Gasteiger partial charge in [-0.2, -0.15) is 5.10 Å². The Morgan fingerprint density at radius 2 is 1.84 bits per heavy atom. The van der Waals surface area contributed by atoms with Crippen LogP contribution in [0.3, 0.4) is 0 Å². The van der Waals surface area contributed by atoms with Gasteiger partial charge in [-0.3, -0.25) is 14.7 Å². The molecular formula is C19H22N4O2. The van der Waals surface area contributed by atoms with Gasteiger partial charge in [-0.25, -0.2) is 0 Å². The van der Waals surface area contributed by atoms with E-state index in [1.807, 2.05) is 40.1 Å². The SMILES string of the molecule is O=C(c1ccccc1)N1CCC(C(=O)N2CCCc3[nH]ncc32)CC1. The average Bonchev–Trinajstić information content (AvgIpc) is 3.16. The molecule has 0 bridgehead atoms. The lowest BCUT2D eigenvalue weighted by Gasteiger charge is -2.35. The van der Waals surface area contributed by atoms with Gasteiger partial charge in [0.1, 0.15) is 0 Å². The molecule has 4 rings (SSSR count). The number of likely N-dealkylation sites (tertiary alicyclic amines) is 1. The molecule has 0 aliphatic carbocycles. The van der Waals surface area contributed by atoms with Gasteiger partial charge in [-0.15, -0.1) is 0 Å². The summed E-state index contributed by atoms with van der Waals surface area (Å²) in [7, 11) is 0. The van der Waals surface area contributed by atoms with Crippen LogP contribution >= 0.6 is 0 Å². The van der Waals surface area contributed by atoms with Crippen molar-refractivity contribution in [2.24, 2.45) is 5.92 Å². The van der Waals surface area contributed by atoms with E-state index in [1.54, 1.807) is 6.20 Å². The van der Waals surface area contributed by atoms with Crippen molar-refractivity contribution in [3.05, 3.63) is 47.8 Å². The molecule has 2 aliphatic rings. The quantitative estimate of drug-likeness (QED) is 0.913. The summed E-state index contributed by atoms with van der Waals surface area (Å²) >= 11 is 0. The molecule has 1 aromatic carbocycles. The maximum Gasteiger partial charge on any atom is 0.253 e. The zero-order valence-corrected chi connectivity index (χ0v) is 14.1. The van der Waals surface area contributed by atoms with Crippen molar-refractivity contribution in [3.8, 4) is 0 Å². The Kier molecular flexibility index (Phi) is 4.26. The Morgan fingerprint density at radius 3 is 2.60 bits per heavy atom. The first kappa shape index (κ1) is 15.9. The molecular weight excluding hydrogens is 316 g/mol. The van der Waals surface area contributed by atoms with Gasteiger partial charge in [0, 0.05) is 31.1 Å². The fraction of sp³-hybridized carbons (Fsp3) is 0.421. The van der Waals surface area contributed by atoms with E-state index in [9.17, 15) is 9.59 Å². The van der Waals surface area contributed by atoms with Gasteiger partial charge < -0.3 is 9.80 Å². The third-order valence-corrected chi connectivity index (χ3v) is 5.21. The first-order valence-corrected chi connectivity index (χ1v) is 8.92. The number of rotatable bonds is 2. The summed E-state index contributed by atoms with van der Waals surface area (Å²) in [6.45, 7) is 2.03. The van der Waals surface area contributed by atoms with Crippen LogP contribution in [-0.2, 0) is 11.2 Å². The van der Waals surface area contributed by atoms with Gasteiger partial charge in [-0.1, -0.05) is 18.2 Å². The molecule has 0 unspecified atom stereocenters. The van der Waals surface area contributed by atoms with E-state index in [4.69, 9.17) is 0 Å². The highest BCUT2D eigenvalue weighted by molar-refractivity contribution is 5.97. The number of nitrogens with zero attached hydrogens (tertiary/aromatic N) is 3. The number of hydrogen-bond donors (Lipinski definition) is 1. The minimum Gasteiger partial charge on any atom is -0.339 e. The number of amides is 2. The molecule has 1 N–H and O–H groups in total. The zero-order chi connectivity index (χ0) is 17.2. The molecule has 0 saturated carbocycles. The van der Waals surface area contributed by atoms with Gasteiger partial charge in [0.05, 0.1) is 17.6 Å². The average molecular weight is 338 g/mol. The summed E-state index contributed by atoms with van der Waals surface area (Å²) in [5.41, 5.74) is 2.70. The van der Waals surface area contributed by atoms with Gasteiger partial charge in [0.15, 0.2) is 0 Å². The Hall–Kier alpha value is -2.63. The fourth-order valence-corrected chi connectivity index (χ4v) is 3.80. The predicted molar refractivity (Wildman–Crippen MR) is 94.3 cm³/mol. The fourth-order valence-electron chi connectivity index (χ4n) is 3.80. The Balaban J connectivity index is 1.39. The van der Waals surface area contributed by atoms with E-state index in [0.29, 0.717) is 18.7 Å². The van der Waals surface area contributed by atoms with Crippen molar-refractivity contribution >= 4 is 17.5 Å². The molecule has 0 spiro atoms. The van der Waals surface area contributed by atoms with Crippen molar-refractivity contribution in [3.63, 3.8) is 0 Å². The minimum absolute atomic E-state index is 0.0133. The molecule has 2 aliphatic heterocycles. The standard InChI is InChI=1S/C19H22N4O2/c24-18(14-5-2-1-3-6-14)22-11-8-15(9-12-22)19(25)23-10-4-7-16-17(23)13-20-21-16/h1-3,5-6,13,15H,4,7-12H2,(H,20,21). The summed E-state index contributed by atoms with van der Waals surface area (Å²) < 4.78 is 0. The number of fused-ring (bicyclic) bond motifs is 1. The molecule has 1 aromatic heterocycles. The van der Waals surface area contributed by atoms with Gasteiger partial charge in [0.25, 0.3) is 5.91 Å². The number of anilines is 1. The molecule has 6 heteroatoms. The number of hydrogen-bond acceptors (Lipinski definition) is 3. The molecule has 1 fully saturated rings. The van der Waals surface area contributed by atoms with Gasteiger partial charge >= 0.3 is 0 Å². The minimum atomic E-state index is -0.0133. The van der Waals surface area contributed by atoms with Crippen molar-refractivity contribution in [1.82, 2.24) is 15.1 Å². The third-order valence-electron chi connectivity index (χ3n) is 5.21. The lowest BCUT2D eigenvalue weighted by atomic mass is 9.93. The number of nitrogens with one attached hydrogen (secondary N) is 1. The largest absolute Gasteiger partial charge is 0.339 e. The molecule has 6 nitrogen and oxygen atoms in total. The molecule has 0 radical (unpaired) electrons. The van der Waals surface area contributed by atoms with Crippen LogP contribution < -0.4 is 4.90 Å². The second kappa shape index (κ2) is 6.70. The summed E-state index contributed by atoms with van der Waals surface area (Å²) in [5.74, 6) is 0.219. The molecule has 2 aromatic rings. The number of carbonyl (C=O) groups excluding carboxylic acids is 2. The molecule has 1 saturated heterocycles. The smallest absolute Gasteiger partial charge is 0.253 e. The molecule has 0 atom stereocenters. The van der Waals surface area contributed by atoms with E-state index in [1.165, 1.54) is 0 Å². The van der Waals surface area contributed by atoms with Crippen LogP contribution in [0.2, 0.25) is 0 Å². The lowest BCUT2D eigenvalue weighted by Crippen LogP contribution is -2.45. The Bertz CT molecular complexity index is 763. The number of aromatic amines is 1. The lowest BCUT2D eigenvalue weighted by molar-refractivity contribution is -0.123. The van der Waals surface area contributed by atoms with E-state index in [-0.39, 0.29) is 17.7 Å². The number of aromatic nitrogens is 2. The number of carbonyl (C=O) groups is 2. The molecule has 2 amide bonds. The number of piperidine rings is 1. The highest BCUT2D eigenvalue weighted by Gasteiger charge is 2.33. The highest BCUT2D eigenvalue weighted by Crippen LogP contribution is 2.29. The van der Waals surface area contributed by atoms with Crippen LogP contribution in [0.5, 0.6) is 0 Å². The summed E-state index contributed by atoms with van der Waals surface area (Å²) in [5, 5.41) is 7.07. The summed E-state index contributed by atoms with van der Waals surface area (Å²) in [6.07, 6.45) is 5.11. The van der Waals surface area contributed by atoms with E-state index < -0.39 is 0 Å². The number of aryl methyl sites for hydroxylation is 1. The third kappa shape index (κ3) is 3.04. The molecule has 3 heterocycles. The van der Waals surface area contributed by atoms with Crippen molar-refractivity contribution in [2.75, 3.05) is 24.5 Å². The Morgan fingerprint density at radius 1 is 1.08 bits per heavy atom. The van der Waals surface area contributed by atoms with Crippen molar-refractivity contribution in [1.29, 1.82) is 0 Å². The normalized spacial score (nSPS) is 18.1. The van der Waals surface area contributed by atoms with E-state index in [2.05, 4.69) is 10.2 Å². The van der Waals surface area contributed by atoms with Gasteiger partial charge in [-0.05, 0) is 37.8 Å². The van der Waals surface area contributed by atoms with Gasteiger partial charge in [0.2, 0.25) is 5.91 Å². The van der Waals surface area contributed by atoms with Crippen molar-refractivity contribution in [2.45, 2.75) is 25.7 Å². The van der Waals surface area contributed by atoms with Crippen LogP contribution in [0.1, 0.15) is 35.3 Å². The van der Waals surface area contributed by atoms with E-state index >= 15 is 0 Å². The van der Waals surface area contributed by atoms with E-state index in [0.717, 1.165) is 43.6 Å². The first-order valence-electron chi connectivity index (χ1n) is 8.92. The summed E-state index contributed by atoms with van der Waals surface area (Å²) in [4.78, 5) is 29.2. The van der Waals surface area contributed by atoms with Crippen LogP contribution in [-0.4, -0.2) is 46.5 Å². The number of H-pyrrole nitrogens is 1. The van der Waals surface area contributed by atoms with Crippen LogP contribution in [0.4, 0.5) is 5.69 Å². The maximum absolute atomic E-state index is 12.9. The number of benzene rings is 1. The summed E-state index contributed by atoms with van der Waals surface area (Å²) in [6, 6.07) is 9.34. The molecule has 25 heavy (non-hydrogen) atoms. The topological polar surface area (TPSA) is 69.3 Å². The zero-order valence-electron chi connectivity index (χ0n) is 14.1. The first-order chi connectivity index (χ1) is 12.2. The van der Waals surface area contributed by atoms with Crippen molar-refractivity contribution < 1.29 is 9.59 Å². The second-order valence-electron chi connectivity index (χ2n) is 6.76. The van der Waals surface area contributed by atoms with Crippen LogP contribution in [0, 0.1) is 5.92 Å². The predicted octanol–water partition coefficient (Wildman–Crippen LogP) is 2.24. The highest BCUT2D eigenvalue weighted by atomic mass is 16.2. The Labute approximate surface area is 146 Å². The maximum atomic E-state index is 12.9. The second-order valence-corrected chi connectivity index (χ2v) is 6.76. The molecule has 130 valence electrons. The van der Waals surface area contributed by atoms with Crippen LogP contribution in [0.15, 0.2) is 36.5 Å². The monoisotopic (exact) mass is 338 g/mol. The van der Waals surface area contributed by atoms with Crippen LogP contribution in [0.25, 0.3) is 0 Å².